The van der Waals surface area contributed by atoms with Gasteiger partial charge in [-0.25, -0.2) is 0 Å². The molecule has 130 valence electrons. The number of rotatable bonds is 8. The van der Waals surface area contributed by atoms with Crippen LogP contribution in [0.1, 0.15) is 72.3 Å². The lowest BCUT2D eigenvalue weighted by molar-refractivity contribution is -0.120. The predicted molar refractivity (Wildman–Crippen MR) is 97.5 cm³/mol. The number of benzene rings is 1. The van der Waals surface area contributed by atoms with Crippen LogP contribution in [-0.4, -0.2) is 17.1 Å². The van der Waals surface area contributed by atoms with Crippen molar-refractivity contribution < 1.29 is 9.90 Å². The quantitative estimate of drug-likeness (QED) is 0.739. The largest absolute Gasteiger partial charge is 0.392 e. The highest BCUT2D eigenvalue weighted by atomic mass is 16.3. The van der Waals surface area contributed by atoms with Gasteiger partial charge in [0.2, 0.25) is 5.91 Å². The molecule has 0 saturated heterocycles. The molecule has 0 aliphatic heterocycles. The van der Waals surface area contributed by atoms with E-state index in [0.717, 1.165) is 36.9 Å². The average Bonchev–Trinajstić information content (AvgIpc) is 2.46. The molecule has 0 saturated carbocycles. The Morgan fingerprint density at radius 2 is 1.78 bits per heavy atom. The zero-order valence-corrected chi connectivity index (χ0v) is 15.4. The van der Waals surface area contributed by atoms with Crippen molar-refractivity contribution in [2.24, 2.45) is 5.41 Å². The van der Waals surface area contributed by atoms with E-state index in [2.05, 4.69) is 34.6 Å². The number of aliphatic hydroxyl groups excluding tert-OH is 1. The number of hydrogen-bond acceptors (Lipinski definition) is 2. The molecule has 0 aromatic heterocycles. The molecule has 23 heavy (non-hydrogen) atoms. The molecule has 0 aliphatic rings. The number of aliphatic hydroxyl groups is 1. The highest BCUT2D eigenvalue weighted by molar-refractivity contribution is 5.94. The van der Waals surface area contributed by atoms with Gasteiger partial charge in [0, 0.05) is 18.2 Å². The normalized spacial score (nSPS) is 11.8. The van der Waals surface area contributed by atoms with E-state index >= 15 is 0 Å². The van der Waals surface area contributed by atoms with Crippen LogP contribution in [0.25, 0.3) is 0 Å². The van der Waals surface area contributed by atoms with Crippen LogP contribution in [0, 0.1) is 5.41 Å². The molecule has 3 nitrogen and oxygen atoms in total. The molecule has 0 fully saturated rings. The number of hydrogen-bond donors (Lipinski definition) is 1. The van der Waals surface area contributed by atoms with Crippen LogP contribution in [0.2, 0.25) is 0 Å². The second-order valence-electron chi connectivity index (χ2n) is 7.56. The minimum atomic E-state index is -0.0348. The number of anilines is 1. The Kier molecular flexibility index (Phi) is 7.77. The lowest BCUT2D eigenvalue weighted by atomic mass is 9.90. The summed E-state index contributed by atoms with van der Waals surface area (Å²) in [5.74, 6) is 0.180. The molecule has 0 spiro atoms. The molecule has 0 heterocycles. The van der Waals surface area contributed by atoms with Crippen molar-refractivity contribution in [3.63, 3.8) is 0 Å². The third-order valence-electron chi connectivity index (χ3n) is 3.93. The van der Waals surface area contributed by atoms with Gasteiger partial charge in [-0.1, -0.05) is 59.6 Å². The van der Waals surface area contributed by atoms with Crippen molar-refractivity contribution in [2.45, 2.75) is 79.4 Å². The zero-order chi connectivity index (χ0) is 17.5. The average molecular weight is 319 g/mol. The first-order chi connectivity index (χ1) is 10.8. The van der Waals surface area contributed by atoms with E-state index in [9.17, 15) is 9.90 Å². The fourth-order valence-corrected chi connectivity index (χ4v) is 2.97. The topological polar surface area (TPSA) is 40.5 Å². The van der Waals surface area contributed by atoms with Gasteiger partial charge >= 0.3 is 0 Å². The second kappa shape index (κ2) is 9.07. The number of carbonyl (C=O) groups excluding carboxylic acids is 1. The van der Waals surface area contributed by atoms with Crippen molar-refractivity contribution in [3.8, 4) is 0 Å². The predicted octanol–water partition coefficient (Wildman–Crippen LogP) is 4.92. The molecular formula is C20H33NO2. The molecule has 0 atom stereocenters. The fraction of sp³-hybridized carbons (Fsp3) is 0.650. The lowest BCUT2D eigenvalue weighted by Gasteiger charge is -2.34. The Morgan fingerprint density at radius 1 is 1.17 bits per heavy atom. The second-order valence-corrected chi connectivity index (χ2v) is 7.56. The van der Waals surface area contributed by atoms with Gasteiger partial charge in [-0.2, -0.15) is 0 Å². The van der Waals surface area contributed by atoms with Gasteiger partial charge in [-0.05, 0) is 36.0 Å². The Hall–Kier alpha value is -1.35. The van der Waals surface area contributed by atoms with Crippen molar-refractivity contribution in [3.05, 3.63) is 29.8 Å². The first-order valence-corrected chi connectivity index (χ1v) is 8.84. The number of nitrogens with zero attached hydrogens (tertiary/aromatic N) is 1. The van der Waals surface area contributed by atoms with Gasteiger partial charge in [-0.3, -0.25) is 4.79 Å². The first kappa shape index (κ1) is 19.7. The van der Waals surface area contributed by atoms with Crippen LogP contribution in [0.15, 0.2) is 24.3 Å². The van der Waals surface area contributed by atoms with Crippen molar-refractivity contribution in [1.82, 2.24) is 0 Å². The van der Waals surface area contributed by atoms with Crippen LogP contribution < -0.4 is 4.90 Å². The third-order valence-corrected chi connectivity index (χ3v) is 3.93. The van der Waals surface area contributed by atoms with Gasteiger partial charge < -0.3 is 10.0 Å². The van der Waals surface area contributed by atoms with E-state index in [1.54, 1.807) is 0 Å². The molecule has 1 N–H and O–H groups in total. The van der Waals surface area contributed by atoms with Gasteiger partial charge in [0.05, 0.1) is 6.61 Å². The smallest absolute Gasteiger partial charge is 0.227 e. The van der Waals surface area contributed by atoms with Gasteiger partial charge in [0.15, 0.2) is 0 Å². The summed E-state index contributed by atoms with van der Waals surface area (Å²) in [5, 5.41) is 9.41. The monoisotopic (exact) mass is 319 g/mol. The van der Waals surface area contributed by atoms with Crippen molar-refractivity contribution >= 4 is 11.6 Å². The Balaban J connectivity index is 3.19. The summed E-state index contributed by atoms with van der Waals surface area (Å²) in [5.41, 5.74) is 1.73. The molecular weight excluding hydrogens is 286 g/mol. The minimum absolute atomic E-state index is 0.00135. The van der Waals surface area contributed by atoms with E-state index in [1.807, 2.05) is 29.2 Å². The summed E-state index contributed by atoms with van der Waals surface area (Å²) in [6, 6.07) is 7.98. The van der Waals surface area contributed by atoms with Crippen LogP contribution in [-0.2, 0) is 11.4 Å². The Bertz CT molecular complexity index is 485. The highest BCUT2D eigenvalue weighted by Gasteiger charge is 2.27. The molecule has 1 amide bonds. The molecule has 0 radical (unpaired) electrons. The SMILES string of the molecule is CCCC(CCC)N(C(=O)CC(C)(C)C)c1cccc(CO)c1. The van der Waals surface area contributed by atoms with Crippen molar-refractivity contribution in [2.75, 3.05) is 4.90 Å². The third kappa shape index (κ3) is 6.34. The van der Waals surface area contributed by atoms with Gasteiger partial charge in [0.25, 0.3) is 0 Å². The van der Waals surface area contributed by atoms with Crippen LogP contribution in [0.4, 0.5) is 5.69 Å². The van der Waals surface area contributed by atoms with E-state index in [4.69, 9.17) is 0 Å². The molecule has 0 unspecified atom stereocenters. The minimum Gasteiger partial charge on any atom is -0.392 e. The molecule has 1 rings (SSSR count). The summed E-state index contributed by atoms with van der Waals surface area (Å²) in [6.45, 7) is 10.6. The number of amides is 1. The molecule has 1 aromatic carbocycles. The van der Waals surface area contributed by atoms with Crippen LogP contribution >= 0.6 is 0 Å². The molecule has 0 aliphatic carbocycles. The van der Waals surface area contributed by atoms with E-state index in [0.29, 0.717) is 6.42 Å². The van der Waals surface area contributed by atoms with Crippen LogP contribution in [0.3, 0.4) is 0 Å². The van der Waals surface area contributed by atoms with E-state index in [-0.39, 0.29) is 24.0 Å². The van der Waals surface area contributed by atoms with E-state index in [1.165, 1.54) is 0 Å². The van der Waals surface area contributed by atoms with E-state index < -0.39 is 0 Å². The molecule has 3 heteroatoms. The van der Waals surface area contributed by atoms with Crippen LogP contribution in [0.5, 0.6) is 0 Å². The van der Waals surface area contributed by atoms with Crippen molar-refractivity contribution in [1.29, 1.82) is 0 Å². The number of carbonyl (C=O) groups is 1. The summed E-state index contributed by atoms with van der Waals surface area (Å²) in [4.78, 5) is 15.0. The summed E-state index contributed by atoms with van der Waals surface area (Å²) >= 11 is 0. The standard InChI is InChI=1S/C20H33NO2/c1-6-9-17(10-7-2)21(19(23)14-20(3,4)5)18-12-8-11-16(13-18)15-22/h8,11-13,17,22H,6-7,9-10,14-15H2,1-5H3. The maximum Gasteiger partial charge on any atom is 0.227 e. The Labute approximate surface area is 141 Å². The zero-order valence-electron chi connectivity index (χ0n) is 15.4. The maximum atomic E-state index is 13.0. The first-order valence-electron chi connectivity index (χ1n) is 8.84. The van der Waals surface area contributed by atoms with Gasteiger partial charge in [0.1, 0.15) is 0 Å². The summed E-state index contributed by atoms with van der Waals surface area (Å²) in [7, 11) is 0. The summed E-state index contributed by atoms with van der Waals surface area (Å²) in [6.07, 6.45) is 4.66. The Morgan fingerprint density at radius 3 is 2.26 bits per heavy atom. The fourth-order valence-electron chi connectivity index (χ4n) is 2.97. The summed E-state index contributed by atoms with van der Waals surface area (Å²) < 4.78 is 0. The highest BCUT2D eigenvalue weighted by Crippen LogP contribution is 2.28. The van der Waals surface area contributed by atoms with Gasteiger partial charge in [-0.15, -0.1) is 0 Å². The molecule has 0 bridgehead atoms. The molecule has 1 aromatic rings. The lowest BCUT2D eigenvalue weighted by Crippen LogP contribution is -2.42. The maximum absolute atomic E-state index is 13.0.